The molecular formula is C16H21N3O2. The molecule has 1 heterocycles. The van der Waals surface area contributed by atoms with E-state index in [1.165, 1.54) is 0 Å². The van der Waals surface area contributed by atoms with Crippen LogP contribution in [-0.2, 0) is 0 Å². The maximum absolute atomic E-state index is 12.5. The maximum Gasteiger partial charge on any atom is 0.254 e. The van der Waals surface area contributed by atoms with Crippen LogP contribution in [0.25, 0.3) is 0 Å². The summed E-state index contributed by atoms with van der Waals surface area (Å²) >= 11 is 0. The summed E-state index contributed by atoms with van der Waals surface area (Å²) in [7, 11) is 0. The number of hydrazone groups is 1. The van der Waals surface area contributed by atoms with Gasteiger partial charge in [0.2, 0.25) is 0 Å². The van der Waals surface area contributed by atoms with Crippen molar-refractivity contribution in [2.24, 2.45) is 5.10 Å². The highest BCUT2D eigenvalue weighted by molar-refractivity contribution is 5.95. The summed E-state index contributed by atoms with van der Waals surface area (Å²) in [6.07, 6.45) is 3.09. The van der Waals surface area contributed by atoms with E-state index in [0.717, 1.165) is 37.2 Å². The number of benzene rings is 1. The molecule has 1 aromatic rings. The van der Waals surface area contributed by atoms with Crippen LogP contribution < -0.4 is 5.01 Å². The van der Waals surface area contributed by atoms with Crippen LogP contribution in [0.3, 0.4) is 0 Å². The molecule has 112 valence electrons. The van der Waals surface area contributed by atoms with Crippen LogP contribution in [0.1, 0.15) is 36.5 Å². The van der Waals surface area contributed by atoms with E-state index >= 15 is 0 Å². The Hall–Kier alpha value is -1.88. The van der Waals surface area contributed by atoms with E-state index in [4.69, 9.17) is 5.11 Å². The molecule has 0 bridgehead atoms. The number of hydrogen-bond acceptors (Lipinski definition) is 4. The van der Waals surface area contributed by atoms with Crippen molar-refractivity contribution in [1.29, 1.82) is 0 Å². The summed E-state index contributed by atoms with van der Waals surface area (Å²) in [5, 5.41) is 15.5. The molecule has 0 aromatic heterocycles. The molecule has 1 fully saturated rings. The molecule has 1 aliphatic heterocycles. The minimum atomic E-state index is 0.0132. The topological polar surface area (TPSA) is 56.1 Å². The van der Waals surface area contributed by atoms with Crippen molar-refractivity contribution in [3.05, 3.63) is 29.8 Å². The second kappa shape index (κ2) is 5.85. The first kappa shape index (κ1) is 14.1. The van der Waals surface area contributed by atoms with Crippen molar-refractivity contribution < 1.29 is 9.90 Å². The second-order valence-corrected chi connectivity index (χ2v) is 5.71. The highest BCUT2D eigenvalue weighted by Crippen LogP contribution is 2.28. The number of aliphatic hydroxyl groups excluding tert-OH is 1. The van der Waals surface area contributed by atoms with Crippen LogP contribution in [0.15, 0.2) is 29.4 Å². The molecule has 3 rings (SSSR count). The van der Waals surface area contributed by atoms with Crippen LogP contribution in [0.2, 0.25) is 0 Å². The van der Waals surface area contributed by atoms with Crippen molar-refractivity contribution in [2.75, 3.05) is 24.7 Å². The number of rotatable bonds is 5. The van der Waals surface area contributed by atoms with Crippen LogP contribution in [0, 0.1) is 0 Å². The average Bonchev–Trinajstić information content (AvgIpc) is 3.25. The summed E-state index contributed by atoms with van der Waals surface area (Å²) in [4.78, 5) is 14.3. The molecule has 0 radical (unpaired) electrons. The van der Waals surface area contributed by atoms with Gasteiger partial charge in [0, 0.05) is 36.8 Å². The van der Waals surface area contributed by atoms with Gasteiger partial charge in [-0.25, -0.2) is 0 Å². The monoisotopic (exact) mass is 287 g/mol. The summed E-state index contributed by atoms with van der Waals surface area (Å²) < 4.78 is 0. The zero-order valence-electron chi connectivity index (χ0n) is 12.3. The summed E-state index contributed by atoms with van der Waals surface area (Å²) in [6, 6.07) is 7.91. The predicted molar refractivity (Wildman–Crippen MR) is 82.7 cm³/mol. The van der Waals surface area contributed by atoms with Gasteiger partial charge >= 0.3 is 0 Å². The van der Waals surface area contributed by atoms with Gasteiger partial charge < -0.3 is 10.0 Å². The fraction of sp³-hybridized carbons (Fsp3) is 0.500. The van der Waals surface area contributed by atoms with Crippen LogP contribution in [0.4, 0.5) is 5.69 Å². The normalized spacial score (nSPS) is 17.8. The zero-order valence-corrected chi connectivity index (χ0v) is 12.3. The third-order valence-electron chi connectivity index (χ3n) is 3.98. The van der Waals surface area contributed by atoms with E-state index in [1.807, 2.05) is 36.2 Å². The minimum absolute atomic E-state index is 0.0132. The molecule has 1 aliphatic carbocycles. The molecule has 5 heteroatoms. The van der Waals surface area contributed by atoms with Crippen LogP contribution >= 0.6 is 0 Å². The molecule has 2 aliphatic rings. The molecule has 1 saturated carbocycles. The SMILES string of the molecule is CC1=NN(c2ccc(C(=O)N(CCO)C3CC3)cc2)CC1. The molecule has 1 N–H and O–H groups in total. The lowest BCUT2D eigenvalue weighted by atomic mass is 10.1. The molecule has 0 saturated heterocycles. The van der Waals surface area contributed by atoms with Gasteiger partial charge in [-0.3, -0.25) is 9.80 Å². The van der Waals surface area contributed by atoms with Crippen molar-refractivity contribution >= 4 is 17.3 Å². The standard InChI is InChI=1S/C16H21N3O2/c1-12-8-9-19(17-12)15-4-2-13(3-5-15)16(21)18(10-11-20)14-6-7-14/h2-5,14,20H,6-11H2,1H3. The highest BCUT2D eigenvalue weighted by Gasteiger charge is 2.32. The molecule has 1 amide bonds. The number of nitrogens with zero attached hydrogens (tertiary/aromatic N) is 3. The fourth-order valence-corrected chi connectivity index (χ4v) is 2.65. The Morgan fingerprint density at radius 2 is 2.10 bits per heavy atom. The summed E-state index contributed by atoms with van der Waals surface area (Å²) in [6.45, 7) is 3.36. The van der Waals surface area contributed by atoms with E-state index in [2.05, 4.69) is 5.10 Å². The lowest BCUT2D eigenvalue weighted by Crippen LogP contribution is -2.35. The third kappa shape index (κ3) is 3.08. The Balaban J connectivity index is 1.72. The van der Waals surface area contributed by atoms with Gasteiger partial charge in [-0.05, 0) is 44.0 Å². The molecule has 1 aromatic carbocycles. The Labute approximate surface area is 124 Å². The van der Waals surface area contributed by atoms with Gasteiger partial charge in [-0.15, -0.1) is 0 Å². The van der Waals surface area contributed by atoms with Gasteiger partial charge in [0.25, 0.3) is 5.91 Å². The first-order valence-corrected chi connectivity index (χ1v) is 7.52. The summed E-state index contributed by atoms with van der Waals surface area (Å²) in [5.41, 5.74) is 2.83. The van der Waals surface area contributed by atoms with Gasteiger partial charge in [0.1, 0.15) is 0 Å². The molecule has 0 atom stereocenters. The molecule has 21 heavy (non-hydrogen) atoms. The van der Waals surface area contributed by atoms with E-state index in [-0.39, 0.29) is 12.5 Å². The van der Waals surface area contributed by atoms with E-state index in [9.17, 15) is 4.79 Å². The second-order valence-electron chi connectivity index (χ2n) is 5.71. The smallest absolute Gasteiger partial charge is 0.254 e. The number of amides is 1. The molecular weight excluding hydrogens is 266 g/mol. The van der Waals surface area contributed by atoms with Crippen molar-refractivity contribution in [1.82, 2.24) is 4.90 Å². The Morgan fingerprint density at radius 1 is 1.38 bits per heavy atom. The van der Waals surface area contributed by atoms with Gasteiger partial charge in [-0.2, -0.15) is 5.10 Å². The maximum atomic E-state index is 12.5. The van der Waals surface area contributed by atoms with E-state index in [0.29, 0.717) is 18.2 Å². The fourth-order valence-electron chi connectivity index (χ4n) is 2.65. The van der Waals surface area contributed by atoms with E-state index in [1.54, 1.807) is 4.90 Å². The Kier molecular flexibility index (Phi) is 3.92. The van der Waals surface area contributed by atoms with Gasteiger partial charge in [0.05, 0.1) is 12.3 Å². The number of anilines is 1. The van der Waals surface area contributed by atoms with E-state index < -0.39 is 0 Å². The highest BCUT2D eigenvalue weighted by atomic mass is 16.3. The lowest BCUT2D eigenvalue weighted by Gasteiger charge is -2.22. The van der Waals surface area contributed by atoms with Crippen LogP contribution in [0.5, 0.6) is 0 Å². The van der Waals surface area contributed by atoms with Crippen LogP contribution in [-0.4, -0.2) is 47.4 Å². The molecule has 5 nitrogen and oxygen atoms in total. The number of aliphatic hydroxyl groups is 1. The Morgan fingerprint density at radius 3 is 2.62 bits per heavy atom. The van der Waals surface area contributed by atoms with Gasteiger partial charge in [-0.1, -0.05) is 0 Å². The average molecular weight is 287 g/mol. The first-order chi connectivity index (χ1) is 10.2. The number of hydrogen-bond donors (Lipinski definition) is 1. The number of carbonyl (C=O) groups excluding carboxylic acids is 1. The minimum Gasteiger partial charge on any atom is -0.395 e. The van der Waals surface area contributed by atoms with Crippen molar-refractivity contribution in [2.45, 2.75) is 32.2 Å². The predicted octanol–water partition coefficient (Wildman–Crippen LogP) is 1.87. The van der Waals surface area contributed by atoms with Crippen molar-refractivity contribution in [3.63, 3.8) is 0 Å². The summed E-state index contributed by atoms with van der Waals surface area (Å²) in [5.74, 6) is 0.0132. The molecule has 0 unspecified atom stereocenters. The molecule has 0 spiro atoms. The Bertz CT molecular complexity index is 549. The zero-order chi connectivity index (χ0) is 14.8. The first-order valence-electron chi connectivity index (χ1n) is 7.52. The van der Waals surface area contributed by atoms with Gasteiger partial charge in [0.15, 0.2) is 0 Å². The largest absolute Gasteiger partial charge is 0.395 e. The van der Waals surface area contributed by atoms with Crippen molar-refractivity contribution in [3.8, 4) is 0 Å². The third-order valence-corrected chi connectivity index (χ3v) is 3.98. The quantitative estimate of drug-likeness (QED) is 0.899. The number of carbonyl (C=O) groups is 1. The lowest BCUT2D eigenvalue weighted by molar-refractivity contribution is 0.0707.